The largest absolute Gasteiger partial charge is 0.349 e. The number of carbonyl (C=O) groups excluding carboxylic acids is 2. The second kappa shape index (κ2) is 7.35. The average Bonchev–Trinajstić information content (AvgIpc) is 2.57. The van der Waals surface area contributed by atoms with Crippen molar-refractivity contribution >= 4 is 17.5 Å². The third kappa shape index (κ3) is 4.03. The minimum atomic E-state index is -0.350. The van der Waals surface area contributed by atoms with Crippen molar-refractivity contribution in [1.29, 1.82) is 0 Å². The molecule has 0 unspecified atom stereocenters. The predicted octanol–water partition coefficient (Wildman–Crippen LogP) is 2.87. The molecular formula is C18H19N3O2. The third-order valence-electron chi connectivity index (χ3n) is 3.51. The fourth-order valence-electron chi connectivity index (χ4n) is 2.04. The highest BCUT2D eigenvalue weighted by Crippen LogP contribution is 2.18. The van der Waals surface area contributed by atoms with Gasteiger partial charge in [0.05, 0.1) is 0 Å². The van der Waals surface area contributed by atoms with Crippen molar-refractivity contribution < 1.29 is 9.59 Å². The number of aryl methyl sites for hydroxylation is 1. The van der Waals surface area contributed by atoms with Crippen molar-refractivity contribution in [2.75, 3.05) is 11.9 Å². The van der Waals surface area contributed by atoms with Gasteiger partial charge in [-0.05, 0) is 43.2 Å². The molecule has 0 aliphatic rings. The fraction of sp³-hybridized carbons (Fsp3) is 0.167. The monoisotopic (exact) mass is 309 g/mol. The number of carbonyl (C=O) groups is 2. The summed E-state index contributed by atoms with van der Waals surface area (Å²) in [6, 6.07) is 8.73. The molecule has 23 heavy (non-hydrogen) atoms. The van der Waals surface area contributed by atoms with Gasteiger partial charge in [-0.25, -0.2) is 0 Å². The number of hydrogen-bond acceptors (Lipinski definition) is 3. The first-order chi connectivity index (χ1) is 11.0. The summed E-state index contributed by atoms with van der Waals surface area (Å²) in [5, 5.41) is 5.49. The van der Waals surface area contributed by atoms with E-state index in [0.717, 1.165) is 16.8 Å². The highest BCUT2D eigenvalue weighted by molar-refractivity contribution is 6.05. The van der Waals surface area contributed by atoms with Gasteiger partial charge in [-0.2, -0.15) is 0 Å². The van der Waals surface area contributed by atoms with Gasteiger partial charge in [0, 0.05) is 24.0 Å². The van der Waals surface area contributed by atoms with Gasteiger partial charge in [0.15, 0.2) is 0 Å². The number of rotatable bonds is 5. The van der Waals surface area contributed by atoms with Crippen LogP contribution in [0.2, 0.25) is 0 Å². The molecule has 0 bridgehead atoms. The SMILES string of the molecule is C=CCNC(=O)c1ccnc(C(=O)Nc2cccc(C)c2C)c1. The molecule has 1 aromatic heterocycles. The number of pyridine rings is 1. The van der Waals surface area contributed by atoms with Crippen LogP contribution in [0.5, 0.6) is 0 Å². The normalized spacial score (nSPS) is 10.0. The molecule has 2 rings (SSSR count). The van der Waals surface area contributed by atoms with Crippen molar-refractivity contribution in [3.8, 4) is 0 Å². The lowest BCUT2D eigenvalue weighted by Gasteiger charge is -2.10. The minimum absolute atomic E-state index is 0.192. The van der Waals surface area contributed by atoms with Crippen molar-refractivity contribution in [2.24, 2.45) is 0 Å². The molecule has 1 heterocycles. The van der Waals surface area contributed by atoms with E-state index in [1.165, 1.54) is 12.3 Å². The van der Waals surface area contributed by atoms with E-state index in [0.29, 0.717) is 12.1 Å². The van der Waals surface area contributed by atoms with Crippen molar-refractivity contribution in [1.82, 2.24) is 10.3 Å². The Balaban J connectivity index is 2.18. The number of amides is 2. The molecule has 0 fully saturated rings. The second-order valence-electron chi connectivity index (χ2n) is 5.13. The number of benzene rings is 1. The topological polar surface area (TPSA) is 71.1 Å². The number of nitrogens with one attached hydrogen (secondary N) is 2. The molecule has 5 heteroatoms. The van der Waals surface area contributed by atoms with E-state index < -0.39 is 0 Å². The van der Waals surface area contributed by atoms with Crippen LogP contribution in [-0.4, -0.2) is 23.3 Å². The zero-order valence-electron chi connectivity index (χ0n) is 13.2. The molecule has 2 aromatic rings. The Kier molecular flexibility index (Phi) is 5.25. The number of anilines is 1. The molecule has 0 radical (unpaired) electrons. The summed E-state index contributed by atoms with van der Waals surface area (Å²) in [4.78, 5) is 28.3. The standard InChI is InChI=1S/C18H19N3O2/c1-4-9-20-17(22)14-8-10-19-16(11-14)18(23)21-15-7-5-6-12(2)13(15)3/h4-8,10-11H,1,9H2,2-3H3,(H,20,22)(H,21,23). The molecule has 2 N–H and O–H groups in total. The number of aromatic nitrogens is 1. The first kappa shape index (κ1) is 16.4. The summed E-state index contributed by atoms with van der Waals surface area (Å²) < 4.78 is 0. The molecule has 0 aliphatic carbocycles. The lowest BCUT2D eigenvalue weighted by Crippen LogP contribution is -2.24. The highest BCUT2D eigenvalue weighted by atomic mass is 16.2. The van der Waals surface area contributed by atoms with E-state index >= 15 is 0 Å². The summed E-state index contributed by atoms with van der Waals surface area (Å²) in [5.41, 5.74) is 3.40. The van der Waals surface area contributed by atoms with Gasteiger partial charge in [0.25, 0.3) is 11.8 Å². The van der Waals surface area contributed by atoms with Crippen molar-refractivity contribution in [3.05, 3.63) is 71.6 Å². The Labute approximate surface area is 135 Å². The molecule has 0 saturated heterocycles. The Hall–Kier alpha value is -2.95. The van der Waals surface area contributed by atoms with E-state index in [9.17, 15) is 9.59 Å². The smallest absolute Gasteiger partial charge is 0.274 e. The van der Waals surface area contributed by atoms with Crippen LogP contribution in [0.15, 0.2) is 49.2 Å². The number of hydrogen-bond donors (Lipinski definition) is 2. The van der Waals surface area contributed by atoms with Gasteiger partial charge in [-0.3, -0.25) is 14.6 Å². The quantitative estimate of drug-likeness (QED) is 0.834. The average molecular weight is 309 g/mol. The fourth-order valence-corrected chi connectivity index (χ4v) is 2.04. The molecule has 0 atom stereocenters. The van der Waals surface area contributed by atoms with Crippen LogP contribution in [0, 0.1) is 13.8 Å². The Morgan fingerprint density at radius 3 is 2.74 bits per heavy atom. The Morgan fingerprint density at radius 2 is 2.00 bits per heavy atom. The zero-order chi connectivity index (χ0) is 16.8. The highest BCUT2D eigenvalue weighted by Gasteiger charge is 2.13. The first-order valence-corrected chi connectivity index (χ1v) is 7.25. The Bertz CT molecular complexity index is 754. The van der Waals surface area contributed by atoms with Gasteiger partial charge in [-0.1, -0.05) is 18.2 Å². The van der Waals surface area contributed by atoms with E-state index in [2.05, 4.69) is 22.2 Å². The van der Waals surface area contributed by atoms with Gasteiger partial charge in [0.2, 0.25) is 0 Å². The minimum Gasteiger partial charge on any atom is -0.349 e. The predicted molar refractivity (Wildman–Crippen MR) is 90.6 cm³/mol. The second-order valence-corrected chi connectivity index (χ2v) is 5.13. The van der Waals surface area contributed by atoms with Crippen LogP contribution in [-0.2, 0) is 0 Å². The molecule has 0 spiro atoms. The molecule has 118 valence electrons. The molecule has 5 nitrogen and oxygen atoms in total. The van der Waals surface area contributed by atoms with Gasteiger partial charge < -0.3 is 10.6 Å². The van der Waals surface area contributed by atoms with E-state index in [1.54, 1.807) is 12.1 Å². The van der Waals surface area contributed by atoms with Gasteiger partial charge in [0.1, 0.15) is 5.69 Å². The van der Waals surface area contributed by atoms with E-state index in [4.69, 9.17) is 0 Å². The van der Waals surface area contributed by atoms with Crippen LogP contribution in [0.25, 0.3) is 0 Å². The van der Waals surface area contributed by atoms with Crippen LogP contribution in [0.3, 0.4) is 0 Å². The Morgan fingerprint density at radius 1 is 1.22 bits per heavy atom. The summed E-state index contributed by atoms with van der Waals surface area (Å²) in [5.74, 6) is -0.620. The summed E-state index contributed by atoms with van der Waals surface area (Å²) >= 11 is 0. The zero-order valence-corrected chi connectivity index (χ0v) is 13.2. The summed E-state index contributed by atoms with van der Waals surface area (Å²) in [6.07, 6.45) is 3.04. The van der Waals surface area contributed by atoms with Crippen LogP contribution >= 0.6 is 0 Å². The summed E-state index contributed by atoms with van der Waals surface area (Å²) in [7, 11) is 0. The lowest BCUT2D eigenvalue weighted by molar-refractivity contribution is 0.0958. The molecule has 1 aromatic carbocycles. The van der Waals surface area contributed by atoms with Crippen LogP contribution < -0.4 is 10.6 Å². The molecule has 2 amide bonds. The van der Waals surface area contributed by atoms with Crippen molar-refractivity contribution in [2.45, 2.75) is 13.8 Å². The van der Waals surface area contributed by atoms with Gasteiger partial charge in [-0.15, -0.1) is 6.58 Å². The van der Waals surface area contributed by atoms with Crippen molar-refractivity contribution in [3.63, 3.8) is 0 Å². The lowest BCUT2D eigenvalue weighted by atomic mass is 10.1. The summed E-state index contributed by atoms with van der Waals surface area (Å²) in [6.45, 7) is 7.83. The van der Waals surface area contributed by atoms with E-state index in [1.807, 2.05) is 32.0 Å². The van der Waals surface area contributed by atoms with Gasteiger partial charge >= 0.3 is 0 Å². The molecular weight excluding hydrogens is 290 g/mol. The number of nitrogens with zero attached hydrogens (tertiary/aromatic N) is 1. The maximum absolute atomic E-state index is 12.3. The van der Waals surface area contributed by atoms with Crippen LogP contribution in [0.1, 0.15) is 32.0 Å². The van der Waals surface area contributed by atoms with E-state index in [-0.39, 0.29) is 17.5 Å². The maximum Gasteiger partial charge on any atom is 0.274 e. The molecule has 0 saturated carbocycles. The van der Waals surface area contributed by atoms with Crippen LogP contribution in [0.4, 0.5) is 5.69 Å². The third-order valence-corrected chi connectivity index (χ3v) is 3.51. The molecule has 0 aliphatic heterocycles. The maximum atomic E-state index is 12.3. The first-order valence-electron chi connectivity index (χ1n) is 7.25.